The highest BCUT2D eigenvalue weighted by Crippen LogP contribution is 2.46. The van der Waals surface area contributed by atoms with Gasteiger partial charge in [0.15, 0.2) is 0 Å². The molecule has 1 aromatic carbocycles. The van der Waals surface area contributed by atoms with Crippen LogP contribution in [0.4, 0.5) is 0 Å². The van der Waals surface area contributed by atoms with Crippen molar-refractivity contribution in [3.05, 3.63) is 47.0 Å². The highest BCUT2D eigenvalue weighted by molar-refractivity contribution is 5.79. The number of fused-ring (bicyclic) bond motifs is 3. The van der Waals surface area contributed by atoms with Crippen LogP contribution in [0.25, 0.3) is 0 Å². The molecule has 0 fully saturated rings. The molecule has 1 aliphatic heterocycles. The van der Waals surface area contributed by atoms with Gasteiger partial charge in [0.25, 0.3) is 0 Å². The van der Waals surface area contributed by atoms with Gasteiger partial charge >= 0.3 is 0 Å². The van der Waals surface area contributed by atoms with E-state index in [1.807, 2.05) is 18.3 Å². The summed E-state index contributed by atoms with van der Waals surface area (Å²) in [7, 11) is 0. The van der Waals surface area contributed by atoms with Gasteiger partial charge in [-0.2, -0.15) is 0 Å². The molecule has 0 radical (unpaired) electrons. The minimum Gasteiger partial charge on any atom is -0.281 e. The first-order valence-electron chi connectivity index (χ1n) is 4.70. The summed E-state index contributed by atoms with van der Waals surface area (Å²) in [6, 6.07) is 8.64. The monoisotopic (exact) mass is 185 g/mol. The summed E-state index contributed by atoms with van der Waals surface area (Å²) in [5.41, 5.74) is 6.63. The molecule has 3 nitrogen and oxygen atoms in total. The summed E-state index contributed by atoms with van der Waals surface area (Å²) in [5.74, 6) is 5.56. The van der Waals surface area contributed by atoms with Crippen LogP contribution in [0.15, 0.2) is 40.9 Å². The first kappa shape index (κ1) is 7.91. The molecule has 1 aromatic rings. The Morgan fingerprint density at radius 2 is 2.00 bits per heavy atom. The normalized spacial score (nSPS) is 27.4. The zero-order valence-electron chi connectivity index (χ0n) is 7.64. The molecule has 14 heavy (non-hydrogen) atoms. The summed E-state index contributed by atoms with van der Waals surface area (Å²) in [6.07, 6.45) is 3.91. The van der Waals surface area contributed by atoms with E-state index in [4.69, 9.17) is 5.84 Å². The van der Waals surface area contributed by atoms with Gasteiger partial charge in [-0.15, -0.1) is 0 Å². The van der Waals surface area contributed by atoms with Gasteiger partial charge in [-0.3, -0.25) is 10.8 Å². The van der Waals surface area contributed by atoms with E-state index in [2.05, 4.69) is 28.6 Å². The van der Waals surface area contributed by atoms with E-state index in [1.165, 1.54) is 16.7 Å². The van der Waals surface area contributed by atoms with Crippen molar-refractivity contribution >= 4 is 6.21 Å². The molecule has 3 heteroatoms. The molecule has 0 amide bonds. The number of rotatable bonds is 1. The molecule has 0 aromatic heterocycles. The van der Waals surface area contributed by atoms with Gasteiger partial charge in [-0.1, -0.05) is 24.3 Å². The second-order valence-electron chi connectivity index (χ2n) is 3.60. The number of allylic oxidation sites excluding steroid dienone is 1. The maximum absolute atomic E-state index is 5.56. The Hall–Kier alpha value is -1.45. The maximum Gasteiger partial charge on any atom is 0.0985 e. The summed E-state index contributed by atoms with van der Waals surface area (Å²) < 4.78 is 0. The van der Waals surface area contributed by atoms with Crippen LogP contribution in [0.3, 0.4) is 0 Å². The fourth-order valence-corrected chi connectivity index (χ4v) is 2.29. The van der Waals surface area contributed by atoms with Crippen molar-refractivity contribution in [3.63, 3.8) is 0 Å². The fraction of sp³-hybridized carbons (Fsp3) is 0.182. The lowest BCUT2D eigenvalue weighted by Crippen LogP contribution is -2.27. The Bertz CT molecular complexity index is 434. The Kier molecular flexibility index (Phi) is 1.56. The fourth-order valence-electron chi connectivity index (χ4n) is 2.29. The number of hydrazine groups is 1. The number of nitrogens with two attached hydrogens (primary N) is 1. The lowest BCUT2D eigenvalue weighted by Gasteiger charge is -2.10. The third-order valence-corrected chi connectivity index (χ3v) is 2.92. The quantitative estimate of drug-likeness (QED) is 0.511. The number of nitrogens with zero attached hydrogens (tertiary/aromatic N) is 1. The molecule has 2 atom stereocenters. The zero-order valence-corrected chi connectivity index (χ0v) is 7.64. The van der Waals surface area contributed by atoms with Crippen LogP contribution in [0.1, 0.15) is 23.2 Å². The Labute approximate surface area is 82.3 Å². The molecule has 1 aliphatic carbocycles. The van der Waals surface area contributed by atoms with Gasteiger partial charge in [0.1, 0.15) is 0 Å². The van der Waals surface area contributed by atoms with Gasteiger partial charge in [0.05, 0.1) is 12.1 Å². The van der Waals surface area contributed by atoms with Crippen LogP contribution in [-0.4, -0.2) is 6.21 Å². The molecule has 3 N–H and O–H groups in total. The van der Waals surface area contributed by atoms with Crippen molar-refractivity contribution in [1.29, 1.82) is 0 Å². The number of aliphatic imine (C=N–C) groups is 1. The highest BCUT2D eigenvalue weighted by atomic mass is 15.2. The minimum atomic E-state index is 0.138. The van der Waals surface area contributed by atoms with Crippen LogP contribution in [-0.2, 0) is 0 Å². The summed E-state index contributed by atoms with van der Waals surface area (Å²) >= 11 is 0. The predicted octanol–water partition coefficient (Wildman–Crippen LogP) is 1.26. The van der Waals surface area contributed by atoms with Gasteiger partial charge in [-0.05, 0) is 22.8 Å². The van der Waals surface area contributed by atoms with E-state index in [1.54, 1.807) is 0 Å². The highest BCUT2D eigenvalue weighted by Gasteiger charge is 2.35. The van der Waals surface area contributed by atoms with E-state index in [9.17, 15) is 0 Å². The summed E-state index contributed by atoms with van der Waals surface area (Å²) in [6.45, 7) is 0. The molecule has 0 saturated heterocycles. The molecule has 2 aliphatic rings. The van der Waals surface area contributed by atoms with Crippen LogP contribution in [0.2, 0.25) is 0 Å². The first-order valence-corrected chi connectivity index (χ1v) is 4.70. The maximum atomic E-state index is 5.56. The van der Waals surface area contributed by atoms with Gasteiger partial charge < -0.3 is 0 Å². The first-order chi connectivity index (χ1) is 6.92. The third kappa shape index (κ3) is 0.855. The molecule has 0 bridgehead atoms. The van der Waals surface area contributed by atoms with Gasteiger partial charge in [-0.25, -0.2) is 5.43 Å². The zero-order chi connectivity index (χ0) is 9.54. The second-order valence-corrected chi connectivity index (χ2v) is 3.60. The number of hydrogen-bond acceptors (Lipinski definition) is 3. The van der Waals surface area contributed by atoms with Gasteiger partial charge in [0, 0.05) is 6.21 Å². The van der Waals surface area contributed by atoms with Crippen LogP contribution < -0.4 is 11.3 Å². The summed E-state index contributed by atoms with van der Waals surface area (Å²) in [4.78, 5) is 4.42. The molecule has 0 saturated carbocycles. The molecule has 70 valence electrons. The number of benzene rings is 1. The molecule has 2 unspecified atom stereocenters. The van der Waals surface area contributed by atoms with Crippen molar-refractivity contribution in [2.24, 2.45) is 10.8 Å². The largest absolute Gasteiger partial charge is 0.281 e. The molecule has 0 spiro atoms. The average molecular weight is 185 g/mol. The number of nitrogens with one attached hydrogen (secondary N) is 1. The third-order valence-electron chi connectivity index (χ3n) is 2.92. The Morgan fingerprint density at radius 3 is 2.79 bits per heavy atom. The topological polar surface area (TPSA) is 50.4 Å². The second kappa shape index (κ2) is 2.77. The Morgan fingerprint density at radius 1 is 1.21 bits per heavy atom. The summed E-state index contributed by atoms with van der Waals surface area (Å²) in [5, 5.41) is 0. The van der Waals surface area contributed by atoms with Crippen molar-refractivity contribution in [3.8, 4) is 0 Å². The predicted molar refractivity (Wildman–Crippen MR) is 55.8 cm³/mol. The van der Waals surface area contributed by atoms with E-state index in [0.717, 1.165) is 0 Å². The van der Waals surface area contributed by atoms with Crippen molar-refractivity contribution in [2.75, 3.05) is 0 Å². The van der Waals surface area contributed by atoms with Crippen molar-refractivity contribution in [2.45, 2.75) is 12.1 Å². The van der Waals surface area contributed by atoms with E-state index < -0.39 is 0 Å². The van der Waals surface area contributed by atoms with Gasteiger partial charge in [0.2, 0.25) is 0 Å². The van der Waals surface area contributed by atoms with E-state index in [-0.39, 0.29) is 12.1 Å². The van der Waals surface area contributed by atoms with E-state index >= 15 is 0 Å². The molecule has 3 rings (SSSR count). The Balaban J connectivity index is 2.20. The smallest absolute Gasteiger partial charge is 0.0985 e. The molecular weight excluding hydrogens is 174 g/mol. The van der Waals surface area contributed by atoms with Crippen LogP contribution >= 0.6 is 0 Å². The standard InChI is InChI=1S/C11H11N3/c12-14-11-8-4-2-1-3-7(8)10-9(11)5-6-13-10/h1-6,10-11,14H,12H2. The van der Waals surface area contributed by atoms with Crippen LogP contribution in [0.5, 0.6) is 0 Å². The number of hydrogen-bond donors (Lipinski definition) is 2. The lowest BCUT2D eigenvalue weighted by molar-refractivity contribution is 0.628. The molecular formula is C11H11N3. The lowest BCUT2D eigenvalue weighted by atomic mass is 10.1. The van der Waals surface area contributed by atoms with Crippen molar-refractivity contribution < 1.29 is 0 Å². The van der Waals surface area contributed by atoms with Crippen molar-refractivity contribution in [1.82, 2.24) is 5.43 Å². The molecule has 1 heterocycles. The van der Waals surface area contributed by atoms with E-state index in [0.29, 0.717) is 0 Å². The SMILES string of the molecule is NNC1C2=CC=NC2c2ccccc21. The average Bonchev–Trinajstić information content (AvgIpc) is 2.77. The van der Waals surface area contributed by atoms with Crippen LogP contribution in [0, 0.1) is 0 Å². The minimum absolute atomic E-state index is 0.138.